The standard InChI is InChI=1S/C18H23NO/c20-11-7-8-14-15(10-11)17-12-4-3-5-13(12)18(14)19-9-2-1-6-16(17)19/h7-8,10,12-13,16-18,20H,1-6,9H2/t12-,13+,16?,17?,18?/m1/s1. The minimum Gasteiger partial charge on any atom is -0.508 e. The Hall–Kier alpha value is -1.02. The minimum absolute atomic E-state index is 0.466. The Morgan fingerprint density at radius 1 is 0.950 bits per heavy atom. The third kappa shape index (κ3) is 1.34. The molecule has 0 spiro atoms. The molecule has 2 aliphatic carbocycles. The third-order valence-corrected chi connectivity index (χ3v) is 6.60. The van der Waals surface area contributed by atoms with Crippen molar-refractivity contribution in [2.24, 2.45) is 11.8 Å². The maximum absolute atomic E-state index is 9.94. The van der Waals surface area contributed by atoms with E-state index in [0.717, 1.165) is 17.9 Å². The van der Waals surface area contributed by atoms with Gasteiger partial charge in [0.15, 0.2) is 0 Å². The number of phenols is 1. The molecule has 2 saturated heterocycles. The van der Waals surface area contributed by atoms with Gasteiger partial charge in [0.1, 0.15) is 5.75 Å². The smallest absolute Gasteiger partial charge is 0.115 e. The van der Waals surface area contributed by atoms with Crippen LogP contribution in [-0.4, -0.2) is 22.6 Å². The van der Waals surface area contributed by atoms with Crippen LogP contribution in [0.4, 0.5) is 0 Å². The topological polar surface area (TPSA) is 23.5 Å². The molecule has 2 heteroatoms. The first kappa shape index (κ1) is 11.6. The summed E-state index contributed by atoms with van der Waals surface area (Å²) >= 11 is 0. The molecule has 5 aliphatic rings. The lowest BCUT2D eigenvalue weighted by Crippen LogP contribution is -2.58. The molecular formula is C18H23NO. The Morgan fingerprint density at radius 2 is 1.85 bits per heavy atom. The van der Waals surface area contributed by atoms with Gasteiger partial charge in [-0.25, -0.2) is 0 Å². The molecule has 1 aromatic carbocycles. The Labute approximate surface area is 120 Å². The van der Waals surface area contributed by atoms with Crippen LogP contribution in [0.1, 0.15) is 61.6 Å². The summed E-state index contributed by atoms with van der Waals surface area (Å²) in [6.45, 7) is 1.30. The van der Waals surface area contributed by atoms with E-state index in [1.807, 2.05) is 6.07 Å². The van der Waals surface area contributed by atoms with Crippen molar-refractivity contribution < 1.29 is 5.11 Å². The largest absolute Gasteiger partial charge is 0.508 e. The highest BCUT2D eigenvalue weighted by Crippen LogP contribution is 2.62. The number of hydrogen-bond acceptors (Lipinski definition) is 2. The molecule has 3 unspecified atom stereocenters. The predicted octanol–water partition coefficient (Wildman–Crippen LogP) is 3.81. The van der Waals surface area contributed by atoms with Crippen LogP contribution in [-0.2, 0) is 0 Å². The van der Waals surface area contributed by atoms with Crippen molar-refractivity contribution in [3.63, 3.8) is 0 Å². The van der Waals surface area contributed by atoms with Gasteiger partial charge in [-0.3, -0.25) is 4.90 Å². The number of nitrogens with zero attached hydrogens (tertiary/aromatic N) is 1. The average Bonchev–Trinajstić information content (AvgIpc) is 2.96. The molecule has 106 valence electrons. The van der Waals surface area contributed by atoms with Crippen LogP contribution in [0.25, 0.3) is 0 Å². The minimum atomic E-state index is 0.466. The van der Waals surface area contributed by atoms with Crippen molar-refractivity contribution in [2.75, 3.05) is 6.54 Å². The van der Waals surface area contributed by atoms with Gasteiger partial charge in [0.2, 0.25) is 0 Å². The summed E-state index contributed by atoms with van der Waals surface area (Å²) in [4.78, 5) is 2.85. The summed E-state index contributed by atoms with van der Waals surface area (Å²) in [5.74, 6) is 2.96. The predicted molar refractivity (Wildman–Crippen MR) is 78.8 cm³/mol. The molecule has 20 heavy (non-hydrogen) atoms. The molecule has 3 aliphatic heterocycles. The maximum atomic E-state index is 9.94. The van der Waals surface area contributed by atoms with Crippen LogP contribution >= 0.6 is 0 Å². The van der Waals surface area contributed by atoms with Gasteiger partial charge in [-0.1, -0.05) is 18.9 Å². The van der Waals surface area contributed by atoms with Crippen LogP contribution in [0.2, 0.25) is 0 Å². The zero-order valence-electron chi connectivity index (χ0n) is 12.0. The van der Waals surface area contributed by atoms with Crippen molar-refractivity contribution >= 4 is 0 Å². The molecule has 1 N–H and O–H groups in total. The zero-order chi connectivity index (χ0) is 13.3. The Balaban J connectivity index is 1.71. The molecule has 2 nitrogen and oxygen atoms in total. The number of benzene rings is 1. The number of phenolic OH excluding ortho intramolecular Hbond substituents is 1. The van der Waals surface area contributed by atoms with Crippen LogP contribution in [0.15, 0.2) is 18.2 Å². The van der Waals surface area contributed by atoms with Gasteiger partial charge in [0.05, 0.1) is 0 Å². The molecular weight excluding hydrogens is 246 g/mol. The van der Waals surface area contributed by atoms with Gasteiger partial charge in [0, 0.05) is 18.0 Å². The third-order valence-electron chi connectivity index (χ3n) is 6.60. The maximum Gasteiger partial charge on any atom is 0.115 e. The van der Waals surface area contributed by atoms with Crippen molar-refractivity contribution in [2.45, 2.75) is 56.5 Å². The summed E-state index contributed by atoms with van der Waals surface area (Å²) in [7, 11) is 0. The summed E-state index contributed by atoms with van der Waals surface area (Å²) < 4.78 is 0. The fraction of sp³-hybridized carbons (Fsp3) is 0.667. The number of aromatic hydroxyl groups is 1. The van der Waals surface area contributed by atoms with Gasteiger partial charge in [0.25, 0.3) is 0 Å². The molecule has 0 amide bonds. The normalized spacial score (nSPS) is 42.1. The summed E-state index contributed by atoms with van der Waals surface area (Å²) in [5, 5.41) is 9.94. The second-order valence-electron chi connectivity index (χ2n) is 7.34. The number of hydrogen-bond donors (Lipinski definition) is 1. The van der Waals surface area contributed by atoms with Gasteiger partial charge in [-0.2, -0.15) is 0 Å². The van der Waals surface area contributed by atoms with Gasteiger partial charge in [-0.15, -0.1) is 0 Å². The first-order valence-electron chi connectivity index (χ1n) is 8.43. The van der Waals surface area contributed by atoms with E-state index in [1.165, 1.54) is 50.6 Å². The number of piperidine rings is 2. The Bertz CT molecular complexity index is 554. The molecule has 2 bridgehead atoms. The van der Waals surface area contributed by atoms with E-state index in [2.05, 4.69) is 17.0 Å². The lowest BCUT2D eigenvalue weighted by Gasteiger charge is -2.59. The van der Waals surface area contributed by atoms with Crippen LogP contribution in [0.5, 0.6) is 5.75 Å². The van der Waals surface area contributed by atoms with E-state index < -0.39 is 0 Å². The Morgan fingerprint density at radius 3 is 2.80 bits per heavy atom. The second kappa shape index (κ2) is 4.00. The molecule has 0 radical (unpaired) electrons. The van der Waals surface area contributed by atoms with Crippen molar-refractivity contribution in [1.82, 2.24) is 4.90 Å². The van der Waals surface area contributed by atoms with Crippen molar-refractivity contribution in [1.29, 1.82) is 0 Å². The van der Waals surface area contributed by atoms with Crippen molar-refractivity contribution in [3.05, 3.63) is 29.3 Å². The molecule has 1 saturated carbocycles. The molecule has 6 rings (SSSR count). The van der Waals surface area contributed by atoms with Gasteiger partial charge < -0.3 is 5.11 Å². The first-order valence-corrected chi connectivity index (χ1v) is 8.43. The second-order valence-corrected chi connectivity index (χ2v) is 7.34. The summed E-state index contributed by atoms with van der Waals surface area (Å²) in [6.07, 6.45) is 8.42. The highest BCUT2D eigenvalue weighted by atomic mass is 16.3. The van der Waals surface area contributed by atoms with Crippen LogP contribution in [0.3, 0.4) is 0 Å². The van der Waals surface area contributed by atoms with Gasteiger partial charge in [-0.05, 0) is 67.3 Å². The van der Waals surface area contributed by atoms with Gasteiger partial charge >= 0.3 is 0 Å². The molecule has 5 atom stereocenters. The van der Waals surface area contributed by atoms with E-state index in [4.69, 9.17) is 0 Å². The average molecular weight is 269 g/mol. The molecule has 1 aromatic rings. The quantitative estimate of drug-likeness (QED) is 0.774. The fourth-order valence-corrected chi connectivity index (χ4v) is 6.06. The first-order chi connectivity index (χ1) is 9.84. The lowest BCUT2D eigenvalue weighted by molar-refractivity contribution is -0.0441. The monoisotopic (exact) mass is 269 g/mol. The summed E-state index contributed by atoms with van der Waals surface area (Å²) in [5.41, 5.74) is 3.05. The van der Waals surface area contributed by atoms with Crippen molar-refractivity contribution in [3.8, 4) is 5.75 Å². The fourth-order valence-electron chi connectivity index (χ4n) is 6.06. The van der Waals surface area contributed by atoms with Crippen LogP contribution in [0, 0.1) is 11.8 Å². The Kier molecular flexibility index (Phi) is 2.33. The SMILES string of the molecule is Oc1ccc2c(c1)C1C3CCCCN3C2[C@H]2CCC[C@@H]12. The van der Waals surface area contributed by atoms with E-state index in [-0.39, 0.29) is 0 Å². The highest BCUT2D eigenvalue weighted by Gasteiger charge is 2.56. The zero-order valence-corrected chi connectivity index (χ0v) is 12.0. The molecule has 3 heterocycles. The number of rotatable bonds is 0. The highest BCUT2D eigenvalue weighted by molar-refractivity contribution is 5.46. The van der Waals surface area contributed by atoms with E-state index >= 15 is 0 Å². The van der Waals surface area contributed by atoms with Crippen LogP contribution < -0.4 is 0 Å². The molecule has 3 fully saturated rings. The van der Waals surface area contributed by atoms with E-state index in [0.29, 0.717) is 17.7 Å². The lowest BCUT2D eigenvalue weighted by atomic mass is 9.59. The summed E-state index contributed by atoms with van der Waals surface area (Å²) in [6, 6.07) is 7.65. The molecule has 0 aromatic heterocycles. The van der Waals surface area contributed by atoms with E-state index in [9.17, 15) is 5.11 Å². The van der Waals surface area contributed by atoms with E-state index in [1.54, 1.807) is 5.56 Å².